The molecule has 0 radical (unpaired) electrons. The molecule has 3 aromatic rings. The van der Waals surface area contributed by atoms with E-state index in [4.69, 9.17) is 21.3 Å². The van der Waals surface area contributed by atoms with Gasteiger partial charge in [-0.3, -0.25) is 9.69 Å². The van der Waals surface area contributed by atoms with Gasteiger partial charge < -0.3 is 9.64 Å². The quantitative estimate of drug-likeness (QED) is 0.366. The lowest BCUT2D eigenvalue weighted by Crippen LogP contribution is -2.37. The van der Waals surface area contributed by atoms with Crippen LogP contribution in [0.4, 0.5) is 5.69 Å². The molecule has 0 N–H and O–H groups in total. The highest BCUT2D eigenvalue weighted by Crippen LogP contribution is 2.36. The van der Waals surface area contributed by atoms with Crippen molar-refractivity contribution in [3.05, 3.63) is 99.9 Å². The molecular formula is C27H26ClN3O2S. The molecule has 0 aliphatic carbocycles. The fraction of sp³-hybridized carbons (Fsp3) is 0.185. The predicted molar refractivity (Wildman–Crippen MR) is 142 cm³/mol. The minimum absolute atomic E-state index is 0.0155. The number of carbonyl (C=O) groups excluding carboxylic acids is 1. The van der Waals surface area contributed by atoms with Gasteiger partial charge in [0.05, 0.1) is 23.7 Å². The van der Waals surface area contributed by atoms with E-state index in [0.717, 1.165) is 22.6 Å². The molecule has 0 spiro atoms. The van der Waals surface area contributed by atoms with Crippen molar-refractivity contribution in [1.82, 2.24) is 9.80 Å². The minimum Gasteiger partial charge on any atom is -0.497 e. The lowest BCUT2D eigenvalue weighted by molar-refractivity contribution is -0.122. The molecule has 1 fully saturated rings. The number of amidine groups is 1. The number of nitrogens with zero attached hydrogens (tertiary/aromatic N) is 3. The Morgan fingerprint density at radius 3 is 2.32 bits per heavy atom. The average molecular weight is 492 g/mol. The Labute approximate surface area is 209 Å². The van der Waals surface area contributed by atoms with Gasteiger partial charge in [-0.2, -0.15) is 0 Å². The van der Waals surface area contributed by atoms with Gasteiger partial charge in [0.2, 0.25) is 0 Å². The van der Waals surface area contributed by atoms with E-state index in [9.17, 15) is 4.79 Å². The Kier molecular flexibility index (Phi) is 7.73. The van der Waals surface area contributed by atoms with Crippen molar-refractivity contribution in [2.75, 3.05) is 27.7 Å². The summed E-state index contributed by atoms with van der Waals surface area (Å²) in [7, 11) is 5.68. The Balaban J connectivity index is 1.70. The van der Waals surface area contributed by atoms with Crippen LogP contribution in [0.2, 0.25) is 5.02 Å². The van der Waals surface area contributed by atoms with Gasteiger partial charge in [0.15, 0.2) is 5.17 Å². The number of likely N-dealkylation sites (N-methyl/N-ethyl adjacent to an activating group) is 1. The maximum absolute atomic E-state index is 13.6. The Bertz CT molecular complexity index is 1190. The molecule has 7 heteroatoms. The fourth-order valence-corrected chi connectivity index (χ4v) is 4.78. The zero-order valence-corrected chi connectivity index (χ0v) is 20.9. The van der Waals surface area contributed by atoms with Gasteiger partial charge in [-0.15, -0.1) is 0 Å². The topological polar surface area (TPSA) is 45.1 Å². The van der Waals surface area contributed by atoms with E-state index in [2.05, 4.69) is 17.0 Å². The van der Waals surface area contributed by atoms with Crippen molar-refractivity contribution in [2.24, 2.45) is 4.99 Å². The number of halogens is 1. The summed E-state index contributed by atoms with van der Waals surface area (Å²) in [6, 6.07) is 25.2. The number of methoxy groups -OCH3 is 1. The van der Waals surface area contributed by atoms with E-state index in [0.29, 0.717) is 21.6 Å². The molecule has 1 aliphatic rings. The van der Waals surface area contributed by atoms with E-state index in [1.54, 1.807) is 12.0 Å². The number of rotatable bonds is 7. The lowest BCUT2D eigenvalue weighted by atomic mass is 10.1. The largest absolute Gasteiger partial charge is 0.497 e. The molecule has 34 heavy (non-hydrogen) atoms. The summed E-state index contributed by atoms with van der Waals surface area (Å²) in [5.41, 5.74) is 2.82. The lowest BCUT2D eigenvalue weighted by Gasteiger charge is -2.29. The Hall–Kier alpha value is -3.06. The maximum Gasteiger partial charge on any atom is 0.266 e. The molecule has 0 unspecified atom stereocenters. The van der Waals surface area contributed by atoms with E-state index < -0.39 is 0 Å². The molecule has 3 aromatic carbocycles. The molecule has 1 aliphatic heterocycles. The number of aliphatic imine (C=N–C) groups is 1. The normalized spacial score (nSPS) is 17.1. The van der Waals surface area contributed by atoms with E-state index >= 15 is 0 Å². The van der Waals surface area contributed by atoms with Crippen molar-refractivity contribution in [2.45, 2.75) is 6.04 Å². The van der Waals surface area contributed by atoms with Crippen LogP contribution in [-0.2, 0) is 4.79 Å². The summed E-state index contributed by atoms with van der Waals surface area (Å²) in [6.45, 7) is 0.482. The Morgan fingerprint density at radius 2 is 1.71 bits per heavy atom. The first kappa shape index (κ1) is 24.1. The highest BCUT2D eigenvalue weighted by molar-refractivity contribution is 8.18. The van der Waals surface area contributed by atoms with E-state index in [1.165, 1.54) is 11.8 Å². The predicted octanol–water partition coefficient (Wildman–Crippen LogP) is 6.26. The first-order valence-electron chi connectivity index (χ1n) is 10.9. The van der Waals surface area contributed by atoms with Gasteiger partial charge in [-0.1, -0.05) is 54.1 Å². The van der Waals surface area contributed by atoms with Crippen LogP contribution in [0.25, 0.3) is 6.08 Å². The van der Waals surface area contributed by atoms with Crippen LogP contribution in [-0.4, -0.2) is 48.6 Å². The number of thioether (sulfide) groups is 1. The summed E-state index contributed by atoms with van der Waals surface area (Å²) in [5, 5.41) is 1.31. The van der Waals surface area contributed by atoms with Crippen LogP contribution in [0, 0.1) is 0 Å². The summed E-state index contributed by atoms with van der Waals surface area (Å²) in [4.78, 5) is 22.9. The fourth-order valence-electron chi connectivity index (χ4n) is 3.64. The first-order chi connectivity index (χ1) is 16.4. The number of hydrogen-bond donors (Lipinski definition) is 0. The number of carbonyl (C=O) groups is 1. The summed E-state index contributed by atoms with van der Waals surface area (Å²) >= 11 is 7.41. The highest BCUT2D eigenvalue weighted by atomic mass is 35.5. The standard InChI is InChI=1S/C27H26ClN3O2S/c1-30(2)24(20-7-5-4-6-8-20)18-31-26(32)25(17-19-9-11-21(28)12-10-19)34-27(31)29-22-13-15-23(33-3)16-14-22/h4-17,24H,18H2,1-3H3/b25-17+,29-27?/t24-/m0/s1. The molecular weight excluding hydrogens is 466 g/mol. The van der Waals surface area contributed by atoms with Gasteiger partial charge >= 0.3 is 0 Å². The molecule has 0 aromatic heterocycles. The monoisotopic (exact) mass is 491 g/mol. The summed E-state index contributed by atoms with van der Waals surface area (Å²) in [6.07, 6.45) is 1.89. The van der Waals surface area contributed by atoms with E-state index in [-0.39, 0.29) is 11.9 Å². The maximum atomic E-state index is 13.6. The number of benzene rings is 3. The minimum atomic E-state index is -0.0602. The molecule has 174 valence electrons. The second-order valence-corrected chi connectivity index (χ2v) is 9.51. The van der Waals surface area contributed by atoms with Gasteiger partial charge in [-0.25, -0.2) is 4.99 Å². The zero-order chi connectivity index (χ0) is 24.1. The van der Waals surface area contributed by atoms with Crippen LogP contribution in [0.15, 0.2) is 88.8 Å². The third-order valence-corrected chi connectivity index (χ3v) is 6.77. The molecule has 1 amide bonds. The second kappa shape index (κ2) is 10.9. The van der Waals surface area contributed by atoms with Crippen molar-refractivity contribution in [3.8, 4) is 5.75 Å². The van der Waals surface area contributed by atoms with Gasteiger partial charge in [0, 0.05) is 11.6 Å². The van der Waals surface area contributed by atoms with Crippen LogP contribution in [0.1, 0.15) is 17.2 Å². The third kappa shape index (κ3) is 5.70. The zero-order valence-electron chi connectivity index (χ0n) is 19.3. The second-order valence-electron chi connectivity index (χ2n) is 8.06. The van der Waals surface area contributed by atoms with Crippen LogP contribution in [0.5, 0.6) is 5.75 Å². The SMILES string of the molecule is COc1ccc(N=C2S/C(=C/c3ccc(Cl)cc3)C(=O)N2C[C@@H](c2ccccc2)N(C)C)cc1. The summed E-state index contributed by atoms with van der Waals surface area (Å²) in [5.74, 6) is 0.700. The number of hydrogen-bond acceptors (Lipinski definition) is 5. The molecule has 1 saturated heterocycles. The van der Waals surface area contributed by atoms with Crippen molar-refractivity contribution >= 4 is 46.2 Å². The molecule has 5 nitrogen and oxygen atoms in total. The molecule has 1 heterocycles. The Morgan fingerprint density at radius 1 is 1.03 bits per heavy atom. The third-order valence-electron chi connectivity index (χ3n) is 5.52. The number of amides is 1. The van der Waals surface area contributed by atoms with Crippen molar-refractivity contribution in [1.29, 1.82) is 0 Å². The molecule has 0 saturated carbocycles. The number of ether oxygens (including phenoxy) is 1. The highest BCUT2D eigenvalue weighted by Gasteiger charge is 2.35. The first-order valence-corrected chi connectivity index (χ1v) is 12.0. The molecule has 0 bridgehead atoms. The van der Waals surface area contributed by atoms with Crippen molar-refractivity contribution < 1.29 is 9.53 Å². The van der Waals surface area contributed by atoms with Crippen LogP contribution in [0.3, 0.4) is 0 Å². The molecule has 1 atom stereocenters. The molecule has 4 rings (SSSR count). The van der Waals surface area contributed by atoms with Crippen LogP contribution >= 0.6 is 23.4 Å². The smallest absolute Gasteiger partial charge is 0.266 e. The van der Waals surface area contributed by atoms with Crippen molar-refractivity contribution in [3.63, 3.8) is 0 Å². The van der Waals surface area contributed by atoms with Gasteiger partial charge in [0.1, 0.15) is 5.75 Å². The summed E-state index contributed by atoms with van der Waals surface area (Å²) < 4.78 is 5.25. The van der Waals surface area contributed by atoms with Gasteiger partial charge in [-0.05, 0) is 79.5 Å². The average Bonchev–Trinajstić information content (AvgIpc) is 3.13. The van der Waals surface area contributed by atoms with E-state index in [1.807, 2.05) is 86.9 Å². The van der Waals surface area contributed by atoms with Gasteiger partial charge in [0.25, 0.3) is 5.91 Å². The van der Waals surface area contributed by atoms with Crippen LogP contribution < -0.4 is 4.74 Å².